The van der Waals surface area contributed by atoms with Crippen LogP contribution in [0, 0.1) is 17.8 Å². The molecule has 2 aromatic heterocycles. The zero-order valence-corrected chi connectivity index (χ0v) is 19.5. The second-order valence-electron chi connectivity index (χ2n) is 10.4. The highest BCUT2D eigenvalue weighted by Crippen LogP contribution is 2.40. The molecule has 4 heterocycles. The summed E-state index contributed by atoms with van der Waals surface area (Å²) in [6, 6.07) is 6.16. The van der Waals surface area contributed by atoms with Gasteiger partial charge in [0.05, 0.1) is 11.3 Å². The van der Waals surface area contributed by atoms with Crippen LogP contribution in [0.3, 0.4) is 0 Å². The van der Waals surface area contributed by atoms with Crippen LogP contribution < -0.4 is 5.32 Å². The van der Waals surface area contributed by atoms with Gasteiger partial charge in [-0.15, -0.1) is 10.2 Å². The van der Waals surface area contributed by atoms with Crippen molar-refractivity contribution in [2.24, 2.45) is 17.8 Å². The van der Waals surface area contributed by atoms with Gasteiger partial charge in [-0.05, 0) is 81.5 Å². The van der Waals surface area contributed by atoms with Gasteiger partial charge in [0.2, 0.25) is 0 Å². The van der Waals surface area contributed by atoms with E-state index in [4.69, 9.17) is 7.48 Å². The Labute approximate surface area is 201 Å². The third-order valence-electron chi connectivity index (χ3n) is 7.18. The van der Waals surface area contributed by atoms with E-state index in [1.54, 1.807) is 6.07 Å². The number of anilines is 1. The van der Waals surface area contributed by atoms with Crippen molar-refractivity contribution < 1.29 is 20.6 Å². The largest absolute Gasteiger partial charge is 0.434 e. The Morgan fingerprint density at radius 1 is 1.18 bits per heavy atom. The molecular weight excluding hydrogens is 443 g/mol. The van der Waals surface area contributed by atoms with Crippen LogP contribution in [0.4, 0.5) is 19.0 Å². The van der Waals surface area contributed by atoms with Crippen LogP contribution >= 0.6 is 0 Å². The molecule has 2 aliphatic heterocycles. The number of fused-ring (bicyclic) bond motifs is 1. The molecule has 3 fully saturated rings. The van der Waals surface area contributed by atoms with Crippen molar-refractivity contribution in [3.8, 4) is 11.3 Å². The van der Waals surface area contributed by atoms with Crippen molar-refractivity contribution in [1.29, 1.82) is 0 Å². The van der Waals surface area contributed by atoms with Crippen LogP contribution in [0.2, 0.25) is 0 Å². The standard InChI is InChI=1S/C25H32F3N5O/c1-24(2)12-16(7-9-34-24)13-33-14-17-10-19(11-18(17)15-33)30-22-6-5-21(31-32-22)20-4-3-8-29-23(20)25(26,27)28/h3-6,8,16-19H,7,9-15H2,1-2H3,(H,30,32)/t16-,17-,18+,19?/m0/s1/i13D2. The van der Waals surface area contributed by atoms with Gasteiger partial charge >= 0.3 is 6.18 Å². The average molecular weight is 478 g/mol. The number of alkyl halides is 3. The smallest absolute Gasteiger partial charge is 0.376 e. The summed E-state index contributed by atoms with van der Waals surface area (Å²) in [5, 5.41) is 11.5. The van der Waals surface area contributed by atoms with Crippen molar-refractivity contribution in [2.45, 2.75) is 57.3 Å². The fourth-order valence-corrected chi connectivity index (χ4v) is 5.72. The lowest BCUT2D eigenvalue weighted by Gasteiger charge is -2.37. The second-order valence-corrected chi connectivity index (χ2v) is 10.4. The Hall–Kier alpha value is -2.26. The Morgan fingerprint density at radius 3 is 2.59 bits per heavy atom. The maximum absolute atomic E-state index is 13.3. The molecule has 0 spiro atoms. The summed E-state index contributed by atoms with van der Waals surface area (Å²) in [5.74, 6) is 1.29. The second kappa shape index (κ2) is 9.07. The quantitative estimate of drug-likeness (QED) is 0.662. The predicted octanol–water partition coefficient (Wildman–Crippen LogP) is 4.88. The molecule has 34 heavy (non-hydrogen) atoms. The number of pyridine rings is 1. The molecule has 4 atom stereocenters. The Bertz CT molecular complexity index is 1070. The molecule has 1 saturated carbocycles. The number of aromatic nitrogens is 3. The van der Waals surface area contributed by atoms with E-state index in [0.29, 0.717) is 30.7 Å². The predicted molar refractivity (Wildman–Crippen MR) is 123 cm³/mol. The van der Waals surface area contributed by atoms with Crippen LogP contribution in [0.1, 0.15) is 48.0 Å². The van der Waals surface area contributed by atoms with Gasteiger partial charge in [-0.3, -0.25) is 4.98 Å². The summed E-state index contributed by atoms with van der Waals surface area (Å²) in [7, 11) is 0. The number of likely N-dealkylation sites (tertiary alicyclic amines) is 1. The highest BCUT2D eigenvalue weighted by molar-refractivity contribution is 5.62. The molecule has 6 nitrogen and oxygen atoms in total. The first-order chi connectivity index (χ1) is 16.9. The zero-order valence-electron chi connectivity index (χ0n) is 21.5. The van der Waals surface area contributed by atoms with Gasteiger partial charge in [0, 0.05) is 46.7 Å². The molecule has 184 valence electrons. The first kappa shape index (κ1) is 21.1. The number of nitrogens with zero attached hydrogens (tertiary/aromatic N) is 4. The molecule has 1 aliphatic carbocycles. The third kappa shape index (κ3) is 5.20. The minimum absolute atomic E-state index is 0.0412. The van der Waals surface area contributed by atoms with Gasteiger partial charge in [-0.25, -0.2) is 0 Å². The Balaban J connectivity index is 1.19. The first-order valence-corrected chi connectivity index (χ1v) is 11.9. The maximum Gasteiger partial charge on any atom is 0.434 e. The molecule has 1 unspecified atom stereocenters. The van der Waals surface area contributed by atoms with Gasteiger partial charge in [0.1, 0.15) is 5.82 Å². The molecule has 0 bridgehead atoms. The van der Waals surface area contributed by atoms with E-state index in [1.165, 1.54) is 18.2 Å². The van der Waals surface area contributed by atoms with Gasteiger partial charge in [-0.2, -0.15) is 13.2 Å². The molecule has 2 aromatic rings. The molecule has 2 saturated heterocycles. The number of ether oxygens (including phenoxy) is 1. The van der Waals surface area contributed by atoms with Gasteiger partial charge in [0.25, 0.3) is 0 Å². The summed E-state index contributed by atoms with van der Waals surface area (Å²) in [6.07, 6.45) is -0.189. The molecule has 9 heteroatoms. The average Bonchev–Trinajstić information content (AvgIpc) is 3.38. The number of hydrogen-bond donors (Lipinski definition) is 1. The third-order valence-corrected chi connectivity index (χ3v) is 7.18. The SMILES string of the molecule is [2H]C([2H])([C@H]1CCOC(C)(C)C1)N1C[C@H]2CC(Nc3ccc(-c4cccnc4C(F)(F)F)nn3)C[C@H]2C1. The van der Waals surface area contributed by atoms with E-state index in [2.05, 4.69) is 20.5 Å². The highest BCUT2D eigenvalue weighted by atomic mass is 19.4. The van der Waals surface area contributed by atoms with Gasteiger partial charge in [-0.1, -0.05) is 0 Å². The monoisotopic (exact) mass is 477 g/mol. The van der Waals surface area contributed by atoms with E-state index in [1.807, 2.05) is 18.7 Å². The topological polar surface area (TPSA) is 63.2 Å². The van der Waals surface area contributed by atoms with Crippen molar-refractivity contribution in [3.05, 3.63) is 36.2 Å². The normalized spacial score (nSPS) is 30.5. The maximum atomic E-state index is 13.3. The van der Waals surface area contributed by atoms with Crippen LogP contribution in [0.15, 0.2) is 30.5 Å². The van der Waals surface area contributed by atoms with Gasteiger partial charge < -0.3 is 15.0 Å². The molecule has 0 amide bonds. The number of hydrogen-bond acceptors (Lipinski definition) is 6. The van der Waals surface area contributed by atoms with E-state index in [0.717, 1.165) is 38.5 Å². The summed E-state index contributed by atoms with van der Waals surface area (Å²) >= 11 is 0. The lowest BCUT2D eigenvalue weighted by Crippen LogP contribution is -2.39. The fraction of sp³-hybridized carbons (Fsp3) is 0.640. The number of nitrogens with one attached hydrogen (secondary N) is 1. The number of halogens is 3. The van der Waals surface area contributed by atoms with Crippen LogP contribution in [0.25, 0.3) is 11.3 Å². The van der Waals surface area contributed by atoms with E-state index >= 15 is 0 Å². The highest BCUT2D eigenvalue weighted by Gasteiger charge is 2.42. The lowest BCUT2D eigenvalue weighted by atomic mass is 9.88. The zero-order chi connectivity index (χ0) is 25.7. The minimum atomic E-state index is -4.57. The molecule has 0 aromatic carbocycles. The molecule has 1 N–H and O–H groups in total. The molecule has 3 aliphatic rings. The summed E-state index contributed by atoms with van der Waals surface area (Å²) in [4.78, 5) is 5.51. The summed E-state index contributed by atoms with van der Waals surface area (Å²) < 4.78 is 63.4. The summed E-state index contributed by atoms with van der Waals surface area (Å²) in [5.41, 5.74) is -1.24. The van der Waals surface area contributed by atoms with E-state index < -0.39 is 18.4 Å². The van der Waals surface area contributed by atoms with Crippen molar-refractivity contribution in [1.82, 2.24) is 20.1 Å². The van der Waals surface area contributed by atoms with Gasteiger partial charge in [0.15, 0.2) is 5.69 Å². The van der Waals surface area contributed by atoms with E-state index in [9.17, 15) is 13.2 Å². The van der Waals surface area contributed by atoms with Crippen LogP contribution in [-0.4, -0.2) is 57.9 Å². The molecular formula is C25H32F3N5O. The van der Waals surface area contributed by atoms with Crippen molar-refractivity contribution >= 4 is 5.82 Å². The van der Waals surface area contributed by atoms with Crippen molar-refractivity contribution in [2.75, 3.05) is 31.5 Å². The first-order valence-electron chi connectivity index (χ1n) is 12.9. The molecule has 5 rings (SSSR count). The van der Waals surface area contributed by atoms with Crippen LogP contribution in [0.5, 0.6) is 0 Å². The fourth-order valence-electron chi connectivity index (χ4n) is 5.72. The lowest BCUT2D eigenvalue weighted by molar-refractivity contribution is -0.140. The van der Waals surface area contributed by atoms with Crippen molar-refractivity contribution in [3.63, 3.8) is 0 Å². The van der Waals surface area contributed by atoms with Crippen LogP contribution in [-0.2, 0) is 10.9 Å². The van der Waals surface area contributed by atoms with E-state index in [-0.39, 0.29) is 28.8 Å². The minimum Gasteiger partial charge on any atom is -0.376 e. The molecule has 0 radical (unpaired) electrons. The Kier molecular flexibility index (Phi) is 5.62. The number of rotatable bonds is 5. The summed E-state index contributed by atoms with van der Waals surface area (Å²) in [6.45, 7) is 4.79. The Morgan fingerprint density at radius 2 is 1.94 bits per heavy atom.